The molecule has 8 heteroatoms. The number of benzene rings is 2. The van der Waals surface area contributed by atoms with Gasteiger partial charge in [0.05, 0.1) is 5.69 Å². The molecular weight excluding hydrogens is 503 g/mol. The van der Waals surface area contributed by atoms with E-state index in [9.17, 15) is 4.79 Å². The molecular formula is C23H15IN6O. The van der Waals surface area contributed by atoms with Gasteiger partial charge in [0.25, 0.3) is 5.91 Å². The number of fused-ring (bicyclic) bond motifs is 1. The Balaban J connectivity index is 1.40. The van der Waals surface area contributed by atoms with Crippen molar-refractivity contribution in [1.29, 1.82) is 0 Å². The number of hydrogen-bond donors (Lipinski definition) is 1. The summed E-state index contributed by atoms with van der Waals surface area (Å²) in [5.41, 5.74) is 4.59. The molecule has 0 saturated heterocycles. The van der Waals surface area contributed by atoms with Crippen LogP contribution >= 0.6 is 22.6 Å². The summed E-state index contributed by atoms with van der Waals surface area (Å²) in [4.78, 5) is 16.5. The number of nitrogens with zero attached hydrogens (tertiary/aromatic N) is 5. The van der Waals surface area contributed by atoms with Gasteiger partial charge in [-0.05, 0) is 83.3 Å². The lowest BCUT2D eigenvalue weighted by Gasteiger charge is -2.07. The fraction of sp³-hybridized carbons (Fsp3) is 0. The van der Waals surface area contributed by atoms with Crippen molar-refractivity contribution in [1.82, 2.24) is 24.8 Å². The van der Waals surface area contributed by atoms with Crippen LogP contribution in [0.4, 0.5) is 5.69 Å². The van der Waals surface area contributed by atoms with Crippen LogP contribution in [0.2, 0.25) is 0 Å². The van der Waals surface area contributed by atoms with Gasteiger partial charge in [0.15, 0.2) is 11.5 Å². The Kier molecular flexibility index (Phi) is 5.13. The van der Waals surface area contributed by atoms with E-state index in [1.807, 2.05) is 72.8 Å². The molecule has 3 heterocycles. The lowest BCUT2D eigenvalue weighted by atomic mass is 10.1. The molecule has 2 aromatic carbocycles. The second kappa shape index (κ2) is 8.23. The van der Waals surface area contributed by atoms with Crippen molar-refractivity contribution in [2.75, 3.05) is 5.32 Å². The van der Waals surface area contributed by atoms with E-state index in [0.717, 1.165) is 26.1 Å². The van der Waals surface area contributed by atoms with Gasteiger partial charge in [-0.15, -0.1) is 10.2 Å². The van der Waals surface area contributed by atoms with Crippen molar-refractivity contribution < 1.29 is 4.79 Å². The van der Waals surface area contributed by atoms with E-state index in [2.05, 4.69) is 43.1 Å². The Morgan fingerprint density at radius 2 is 1.55 bits per heavy atom. The number of anilines is 1. The van der Waals surface area contributed by atoms with Crippen LogP contribution in [0.3, 0.4) is 0 Å². The molecule has 0 atom stereocenters. The van der Waals surface area contributed by atoms with E-state index in [4.69, 9.17) is 5.10 Å². The Labute approximate surface area is 191 Å². The summed E-state index contributed by atoms with van der Waals surface area (Å²) in [5.74, 6) is 0.510. The first-order chi connectivity index (χ1) is 15.2. The maximum Gasteiger partial charge on any atom is 0.255 e. The maximum atomic E-state index is 12.4. The van der Waals surface area contributed by atoms with Gasteiger partial charge >= 0.3 is 0 Å². The van der Waals surface area contributed by atoms with Crippen LogP contribution in [-0.4, -0.2) is 30.7 Å². The Bertz CT molecular complexity index is 1370. The van der Waals surface area contributed by atoms with Crippen LogP contribution in [-0.2, 0) is 0 Å². The molecule has 0 saturated carbocycles. The van der Waals surface area contributed by atoms with Crippen LogP contribution in [0.25, 0.3) is 28.3 Å². The highest BCUT2D eigenvalue weighted by Gasteiger charge is 2.11. The van der Waals surface area contributed by atoms with Crippen LogP contribution < -0.4 is 5.32 Å². The number of pyridine rings is 1. The van der Waals surface area contributed by atoms with Crippen molar-refractivity contribution in [3.05, 3.63) is 94.3 Å². The Morgan fingerprint density at radius 3 is 2.29 bits per heavy atom. The van der Waals surface area contributed by atoms with Crippen molar-refractivity contribution in [3.8, 4) is 22.6 Å². The number of amides is 1. The summed E-state index contributed by atoms with van der Waals surface area (Å²) in [6.45, 7) is 0. The summed E-state index contributed by atoms with van der Waals surface area (Å²) < 4.78 is 2.81. The fourth-order valence-electron chi connectivity index (χ4n) is 3.15. The van der Waals surface area contributed by atoms with Crippen LogP contribution in [0, 0.1) is 3.57 Å². The zero-order chi connectivity index (χ0) is 21.2. The topological polar surface area (TPSA) is 85.1 Å². The highest BCUT2D eigenvalue weighted by atomic mass is 127. The molecule has 1 N–H and O–H groups in total. The zero-order valence-electron chi connectivity index (χ0n) is 16.1. The largest absolute Gasteiger partial charge is 0.322 e. The highest BCUT2D eigenvalue weighted by molar-refractivity contribution is 14.1. The summed E-state index contributed by atoms with van der Waals surface area (Å²) in [7, 11) is 0. The predicted octanol–water partition coefficient (Wildman–Crippen LogP) is 4.71. The number of carbonyl (C=O) groups is 1. The smallest absolute Gasteiger partial charge is 0.255 e. The maximum absolute atomic E-state index is 12.4. The summed E-state index contributed by atoms with van der Waals surface area (Å²) in [6.07, 6.45) is 3.42. The first kappa shape index (κ1) is 19.3. The van der Waals surface area contributed by atoms with E-state index in [-0.39, 0.29) is 5.91 Å². The van der Waals surface area contributed by atoms with E-state index < -0.39 is 0 Å². The molecule has 3 aromatic heterocycles. The molecule has 5 aromatic rings. The second-order valence-corrected chi connectivity index (χ2v) is 8.03. The summed E-state index contributed by atoms with van der Waals surface area (Å²) in [5, 5.41) is 16.1. The number of nitrogens with one attached hydrogen (secondary N) is 1. The minimum atomic E-state index is -0.143. The lowest BCUT2D eigenvalue weighted by molar-refractivity contribution is 0.102. The molecule has 1 amide bonds. The zero-order valence-corrected chi connectivity index (χ0v) is 18.3. The minimum Gasteiger partial charge on any atom is -0.322 e. The van der Waals surface area contributed by atoms with Gasteiger partial charge in [-0.25, -0.2) is 0 Å². The quantitative estimate of drug-likeness (QED) is 0.349. The van der Waals surface area contributed by atoms with E-state index in [0.29, 0.717) is 17.0 Å². The van der Waals surface area contributed by atoms with Gasteiger partial charge in [-0.2, -0.15) is 9.61 Å². The fourth-order valence-corrected chi connectivity index (χ4v) is 3.51. The van der Waals surface area contributed by atoms with Crippen molar-refractivity contribution in [3.63, 3.8) is 0 Å². The van der Waals surface area contributed by atoms with E-state index in [1.165, 1.54) is 0 Å². The molecule has 0 aliphatic rings. The number of aromatic nitrogens is 5. The molecule has 0 radical (unpaired) electrons. The Hall–Kier alpha value is -3.66. The number of carbonyl (C=O) groups excluding carboxylic acids is 1. The predicted molar refractivity (Wildman–Crippen MR) is 127 cm³/mol. The van der Waals surface area contributed by atoms with Crippen LogP contribution in [0.5, 0.6) is 0 Å². The molecule has 0 spiro atoms. The number of rotatable bonds is 4. The van der Waals surface area contributed by atoms with Gasteiger partial charge in [-0.1, -0.05) is 12.1 Å². The third-order valence-electron chi connectivity index (χ3n) is 4.75. The van der Waals surface area contributed by atoms with Gasteiger partial charge in [0.2, 0.25) is 0 Å². The monoisotopic (exact) mass is 518 g/mol. The lowest BCUT2D eigenvalue weighted by Crippen LogP contribution is -2.11. The Morgan fingerprint density at radius 1 is 0.806 bits per heavy atom. The van der Waals surface area contributed by atoms with Crippen molar-refractivity contribution in [2.24, 2.45) is 0 Å². The highest BCUT2D eigenvalue weighted by Crippen LogP contribution is 2.22. The van der Waals surface area contributed by atoms with Gasteiger partial charge < -0.3 is 5.32 Å². The van der Waals surface area contributed by atoms with Crippen molar-refractivity contribution >= 4 is 39.8 Å². The summed E-state index contributed by atoms with van der Waals surface area (Å²) >= 11 is 2.21. The molecule has 31 heavy (non-hydrogen) atoms. The van der Waals surface area contributed by atoms with Crippen LogP contribution in [0.15, 0.2) is 85.2 Å². The first-order valence-corrected chi connectivity index (χ1v) is 10.6. The average Bonchev–Trinajstić information content (AvgIpc) is 3.24. The normalized spacial score (nSPS) is 10.9. The molecule has 0 unspecified atom stereocenters. The molecule has 0 fully saturated rings. The first-order valence-electron chi connectivity index (χ1n) is 9.47. The van der Waals surface area contributed by atoms with E-state index in [1.54, 1.807) is 16.9 Å². The standard InChI is InChI=1S/C23H15IN6O/c24-18-5-1-17(2-6-18)23(31)26-19-7-3-15(4-8-19)20-9-10-21-27-28-22(30(21)29-20)16-11-13-25-14-12-16/h1-14H,(H,26,31). The second-order valence-electron chi connectivity index (χ2n) is 6.79. The molecule has 150 valence electrons. The average molecular weight is 518 g/mol. The summed E-state index contributed by atoms with van der Waals surface area (Å²) in [6, 6.07) is 22.5. The number of hydrogen-bond acceptors (Lipinski definition) is 5. The molecule has 0 aliphatic carbocycles. The van der Waals surface area contributed by atoms with Gasteiger partial charge in [0, 0.05) is 38.3 Å². The third kappa shape index (κ3) is 4.02. The van der Waals surface area contributed by atoms with Crippen LogP contribution in [0.1, 0.15) is 10.4 Å². The molecule has 0 bridgehead atoms. The molecule has 7 nitrogen and oxygen atoms in total. The van der Waals surface area contributed by atoms with Gasteiger partial charge in [-0.3, -0.25) is 9.78 Å². The minimum absolute atomic E-state index is 0.143. The van der Waals surface area contributed by atoms with E-state index >= 15 is 0 Å². The number of halogens is 1. The van der Waals surface area contributed by atoms with Crippen molar-refractivity contribution in [2.45, 2.75) is 0 Å². The third-order valence-corrected chi connectivity index (χ3v) is 5.47. The molecule has 5 rings (SSSR count). The SMILES string of the molecule is O=C(Nc1ccc(-c2ccc3nnc(-c4ccncc4)n3n2)cc1)c1ccc(I)cc1. The van der Waals surface area contributed by atoms with Gasteiger partial charge in [0.1, 0.15) is 0 Å². The molecule has 0 aliphatic heterocycles.